The number of likely N-dealkylation sites (N-methyl/N-ethyl adjacent to an activating group) is 1. The smallest absolute Gasteiger partial charge is 0.281 e. The molecule has 4 rings (SSSR count). The normalized spacial score (nSPS) is 18.7. The number of hydrogen-bond donors (Lipinski definition) is 1. The van der Waals surface area contributed by atoms with Gasteiger partial charge in [0, 0.05) is 17.5 Å². The van der Waals surface area contributed by atoms with Crippen molar-refractivity contribution in [3.63, 3.8) is 0 Å². The first-order chi connectivity index (χ1) is 12.1. The van der Waals surface area contributed by atoms with E-state index in [1.54, 1.807) is 4.68 Å². The van der Waals surface area contributed by atoms with Crippen molar-refractivity contribution in [3.05, 3.63) is 51.0 Å². The minimum atomic E-state index is -0.231. The number of rotatable bonds is 3. The first-order valence-electron chi connectivity index (χ1n) is 8.36. The van der Waals surface area contributed by atoms with Gasteiger partial charge in [0.15, 0.2) is 11.2 Å². The molecule has 1 aliphatic rings. The van der Waals surface area contributed by atoms with Gasteiger partial charge in [-0.15, -0.1) is 5.10 Å². The molecule has 1 N–H and O–H groups in total. The van der Waals surface area contributed by atoms with Crippen LogP contribution in [0.5, 0.6) is 0 Å². The molecule has 0 radical (unpaired) electrons. The van der Waals surface area contributed by atoms with Crippen LogP contribution in [0.3, 0.4) is 0 Å². The third-order valence-electron chi connectivity index (χ3n) is 4.62. The molecule has 0 amide bonds. The van der Waals surface area contributed by atoms with E-state index in [-0.39, 0.29) is 17.0 Å². The Kier molecular flexibility index (Phi) is 4.27. The first-order valence-corrected chi connectivity index (χ1v) is 8.74. The number of aromatic nitrogens is 5. The minimum Gasteiger partial charge on any atom is -0.308 e. The zero-order chi connectivity index (χ0) is 17.4. The van der Waals surface area contributed by atoms with Gasteiger partial charge >= 0.3 is 0 Å². The Morgan fingerprint density at radius 1 is 1.40 bits per heavy atom. The topological polar surface area (TPSA) is 79.7 Å². The fourth-order valence-electron chi connectivity index (χ4n) is 3.38. The monoisotopic (exact) mass is 358 g/mol. The van der Waals surface area contributed by atoms with E-state index in [0.717, 1.165) is 37.3 Å². The summed E-state index contributed by atoms with van der Waals surface area (Å²) in [6, 6.07) is 7.55. The molecular weight excluding hydrogens is 340 g/mol. The Labute approximate surface area is 149 Å². The number of halogens is 1. The summed E-state index contributed by atoms with van der Waals surface area (Å²) >= 11 is 6.05. The highest BCUT2D eigenvalue weighted by atomic mass is 35.5. The third kappa shape index (κ3) is 3.29. The quantitative estimate of drug-likeness (QED) is 0.774. The number of benzene rings is 1. The number of hydrogen-bond acceptors (Lipinski definition) is 5. The molecule has 0 saturated carbocycles. The lowest BCUT2D eigenvalue weighted by Crippen LogP contribution is -2.32. The molecule has 1 saturated heterocycles. The van der Waals surface area contributed by atoms with Crippen molar-refractivity contribution < 1.29 is 0 Å². The second-order valence-electron chi connectivity index (χ2n) is 6.60. The van der Waals surface area contributed by atoms with E-state index in [1.807, 2.05) is 24.3 Å². The van der Waals surface area contributed by atoms with Crippen LogP contribution < -0.4 is 5.56 Å². The van der Waals surface area contributed by atoms with Crippen LogP contribution in [0, 0.1) is 0 Å². The summed E-state index contributed by atoms with van der Waals surface area (Å²) in [5.74, 6) is 0.948. The van der Waals surface area contributed by atoms with Crippen LogP contribution in [0.15, 0.2) is 29.1 Å². The van der Waals surface area contributed by atoms with Crippen LogP contribution in [0.25, 0.3) is 11.2 Å². The minimum absolute atomic E-state index is 0.227. The summed E-state index contributed by atoms with van der Waals surface area (Å²) in [6.45, 7) is 2.44. The summed E-state index contributed by atoms with van der Waals surface area (Å²) < 4.78 is 1.66. The van der Waals surface area contributed by atoms with Gasteiger partial charge in [-0.3, -0.25) is 4.79 Å². The van der Waals surface area contributed by atoms with Gasteiger partial charge in [0.05, 0.1) is 6.54 Å². The van der Waals surface area contributed by atoms with Gasteiger partial charge < -0.3 is 9.88 Å². The zero-order valence-electron chi connectivity index (χ0n) is 13.9. The van der Waals surface area contributed by atoms with Crippen molar-refractivity contribution in [2.75, 3.05) is 20.1 Å². The SMILES string of the molecule is CN1CCCC(c2nc3c(nnn3Cc3cccc(Cl)c3)c(=O)[nH]2)C1. The number of piperidine rings is 1. The Morgan fingerprint density at radius 3 is 3.08 bits per heavy atom. The first kappa shape index (κ1) is 16.2. The van der Waals surface area contributed by atoms with Crippen molar-refractivity contribution in [2.24, 2.45) is 0 Å². The van der Waals surface area contributed by atoms with E-state index >= 15 is 0 Å². The number of aromatic amines is 1. The Balaban J connectivity index is 1.72. The van der Waals surface area contributed by atoms with Gasteiger partial charge in [-0.05, 0) is 44.1 Å². The molecule has 25 heavy (non-hydrogen) atoms. The highest BCUT2D eigenvalue weighted by Crippen LogP contribution is 2.23. The molecule has 1 atom stereocenters. The van der Waals surface area contributed by atoms with Gasteiger partial charge in [-0.1, -0.05) is 28.9 Å². The lowest BCUT2D eigenvalue weighted by Gasteiger charge is -2.28. The van der Waals surface area contributed by atoms with Crippen LogP contribution in [0.4, 0.5) is 0 Å². The highest BCUT2D eigenvalue weighted by Gasteiger charge is 2.23. The molecule has 1 fully saturated rings. The second kappa shape index (κ2) is 6.57. The molecule has 7 nitrogen and oxygen atoms in total. The fraction of sp³-hybridized carbons (Fsp3) is 0.412. The standard InChI is InChI=1S/C17H19ClN6O/c1-23-7-3-5-12(10-23)15-19-16-14(17(25)20-15)21-22-24(16)9-11-4-2-6-13(18)8-11/h2,4,6,8,12H,3,5,7,9-10H2,1H3,(H,19,20,25). The molecule has 2 aromatic heterocycles. The van der Waals surface area contributed by atoms with E-state index in [0.29, 0.717) is 17.2 Å². The van der Waals surface area contributed by atoms with Crippen LogP contribution in [-0.2, 0) is 6.54 Å². The van der Waals surface area contributed by atoms with E-state index in [4.69, 9.17) is 16.6 Å². The molecule has 1 aromatic carbocycles. The van der Waals surface area contributed by atoms with Gasteiger partial charge in [0.1, 0.15) is 5.82 Å². The Hall–Kier alpha value is -2.25. The molecule has 1 aliphatic heterocycles. The molecule has 1 unspecified atom stereocenters. The Morgan fingerprint density at radius 2 is 2.28 bits per heavy atom. The summed E-state index contributed by atoms with van der Waals surface area (Å²) in [4.78, 5) is 22.3. The highest BCUT2D eigenvalue weighted by molar-refractivity contribution is 6.30. The van der Waals surface area contributed by atoms with Gasteiger partial charge in [0.2, 0.25) is 0 Å². The van der Waals surface area contributed by atoms with Crippen LogP contribution in [-0.4, -0.2) is 50.0 Å². The van der Waals surface area contributed by atoms with Crippen LogP contribution in [0.1, 0.15) is 30.1 Å². The average molecular weight is 359 g/mol. The Bertz CT molecular complexity index is 965. The maximum absolute atomic E-state index is 12.4. The van der Waals surface area contributed by atoms with E-state index in [9.17, 15) is 4.79 Å². The number of nitrogens with one attached hydrogen (secondary N) is 1. The van der Waals surface area contributed by atoms with Gasteiger partial charge in [-0.25, -0.2) is 9.67 Å². The molecular formula is C17H19ClN6O. The van der Waals surface area contributed by atoms with E-state index in [1.165, 1.54) is 0 Å². The molecule has 130 valence electrons. The fourth-order valence-corrected chi connectivity index (χ4v) is 3.59. The van der Waals surface area contributed by atoms with Crippen LogP contribution >= 0.6 is 11.6 Å². The molecule has 0 spiro atoms. The molecule has 3 heterocycles. The predicted molar refractivity (Wildman–Crippen MR) is 96.0 cm³/mol. The van der Waals surface area contributed by atoms with Crippen molar-refractivity contribution in [2.45, 2.75) is 25.3 Å². The number of likely N-dealkylation sites (tertiary alicyclic amines) is 1. The van der Waals surface area contributed by atoms with Crippen molar-refractivity contribution in [3.8, 4) is 0 Å². The average Bonchev–Trinajstić information content (AvgIpc) is 2.98. The maximum atomic E-state index is 12.4. The van der Waals surface area contributed by atoms with Crippen molar-refractivity contribution in [1.82, 2.24) is 29.9 Å². The van der Waals surface area contributed by atoms with Crippen molar-refractivity contribution in [1.29, 1.82) is 0 Å². The molecule has 0 bridgehead atoms. The lowest BCUT2D eigenvalue weighted by molar-refractivity contribution is 0.246. The molecule has 8 heteroatoms. The second-order valence-corrected chi connectivity index (χ2v) is 7.04. The number of nitrogens with zero attached hydrogens (tertiary/aromatic N) is 5. The summed E-state index contributed by atoms with van der Waals surface area (Å²) in [5.41, 5.74) is 1.55. The summed E-state index contributed by atoms with van der Waals surface area (Å²) in [5, 5.41) is 8.78. The summed E-state index contributed by atoms with van der Waals surface area (Å²) in [6.07, 6.45) is 2.12. The number of H-pyrrole nitrogens is 1. The van der Waals surface area contributed by atoms with E-state index in [2.05, 4.69) is 27.2 Å². The van der Waals surface area contributed by atoms with Gasteiger partial charge in [-0.2, -0.15) is 0 Å². The molecule has 0 aliphatic carbocycles. The maximum Gasteiger partial charge on any atom is 0.281 e. The number of fused-ring (bicyclic) bond motifs is 1. The third-order valence-corrected chi connectivity index (χ3v) is 4.86. The largest absolute Gasteiger partial charge is 0.308 e. The summed E-state index contributed by atoms with van der Waals surface area (Å²) in [7, 11) is 2.09. The van der Waals surface area contributed by atoms with Crippen LogP contribution in [0.2, 0.25) is 5.02 Å². The zero-order valence-corrected chi connectivity index (χ0v) is 14.7. The lowest BCUT2D eigenvalue weighted by atomic mass is 9.98. The van der Waals surface area contributed by atoms with E-state index < -0.39 is 0 Å². The van der Waals surface area contributed by atoms with Gasteiger partial charge in [0.25, 0.3) is 5.56 Å². The molecule has 3 aromatic rings. The van der Waals surface area contributed by atoms with Crippen molar-refractivity contribution >= 4 is 22.8 Å². The predicted octanol–water partition coefficient (Wildman–Crippen LogP) is 2.03.